The molecule has 5 N–H and O–H groups in total. The molecule has 128 valence electrons. The molecule has 1 atom stereocenters. The maximum absolute atomic E-state index is 12.1. The summed E-state index contributed by atoms with van der Waals surface area (Å²) >= 11 is 1.21. The number of hydrogen-bond acceptors (Lipinski definition) is 6. The van der Waals surface area contributed by atoms with Crippen molar-refractivity contribution in [1.82, 2.24) is 20.1 Å². The molecule has 0 spiro atoms. The van der Waals surface area contributed by atoms with Crippen molar-refractivity contribution >= 4 is 29.6 Å². The van der Waals surface area contributed by atoms with Crippen LogP contribution in [0.5, 0.6) is 0 Å². The van der Waals surface area contributed by atoms with Crippen molar-refractivity contribution in [3.05, 3.63) is 5.82 Å². The number of nitrogens with one attached hydrogen (secondary N) is 1. The summed E-state index contributed by atoms with van der Waals surface area (Å²) in [5.41, 5.74) is 10.1. The molecule has 10 heteroatoms. The first-order valence-electron chi connectivity index (χ1n) is 7.23. The molecule has 0 bridgehead atoms. The number of aryl methyl sites for hydroxylation is 1. The van der Waals surface area contributed by atoms with Gasteiger partial charge in [0.25, 0.3) is 0 Å². The highest BCUT2D eigenvalue weighted by molar-refractivity contribution is 8.00. The first kappa shape index (κ1) is 18.9. The van der Waals surface area contributed by atoms with Crippen LogP contribution in [0.2, 0.25) is 0 Å². The quantitative estimate of drug-likeness (QED) is 0.568. The Balaban J connectivity index is 2.93. The first-order chi connectivity index (χ1) is 10.8. The molecule has 1 aromatic rings. The van der Waals surface area contributed by atoms with Crippen molar-refractivity contribution in [3.63, 3.8) is 0 Å². The predicted molar refractivity (Wildman–Crippen MR) is 85.4 cm³/mol. The second kappa shape index (κ2) is 8.51. The van der Waals surface area contributed by atoms with E-state index in [1.165, 1.54) is 11.8 Å². The predicted octanol–water partition coefficient (Wildman–Crippen LogP) is 0.0275. The van der Waals surface area contributed by atoms with E-state index in [1.807, 2.05) is 25.3 Å². The molecule has 0 saturated heterocycles. The summed E-state index contributed by atoms with van der Waals surface area (Å²) in [5, 5.41) is 10.2. The minimum atomic E-state index is -0.889. The number of nitrogens with zero attached hydrogens (tertiary/aromatic N) is 3. The average Bonchev–Trinajstić information content (AvgIpc) is 2.82. The molecule has 4 amide bonds. The van der Waals surface area contributed by atoms with Crippen molar-refractivity contribution in [1.29, 1.82) is 0 Å². The standard InChI is InChI=1S/C13H22N6O3S/c1-4-19-9(6-5-8(14)20)17-18-13(19)23-10(7(2)3)11(21)16-12(15)22/h7,10H,4-6H2,1-3H3,(H2,14,20)(H3,15,16,21,22)/t10-/m1/s1. The number of thioether (sulfide) groups is 1. The number of primary amides is 2. The second-order valence-electron chi connectivity index (χ2n) is 5.25. The maximum Gasteiger partial charge on any atom is 0.318 e. The highest BCUT2D eigenvalue weighted by atomic mass is 32.2. The van der Waals surface area contributed by atoms with E-state index in [4.69, 9.17) is 11.5 Å². The third kappa shape index (κ3) is 5.55. The van der Waals surface area contributed by atoms with Crippen molar-refractivity contribution in [3.8, 4) is 0 Å². The molecule has 0 aromatic carbocycles. The van der Waals surface area contributed by atoms with Gasteiger partial charge in [0, 0.05) is 19.4 Å². The first-order valence-corrected chi connectivity index (χ1v) is 8.11. The van der Waals surface area contributed by atoms with E-state index in [-0.39, 0.29) is 12.3 Å². The molecule has 0 saturated carbocycles. The van der Waals surface area contributed by atoms with Crippen LogP contribution in [0.3, 0.4) is 0 Å². The summed E-state index contributed by atoms with van der Waals surface area (Å²) in [4.78, 5) is 33.8. The summed E-state index contributed by atoms with van der Waals surface area (Å²) in [6.45, 7) is 6.22. The maximum atomic E-state index is 12.1. The molecule has 0 aliphatic heterocycles. The fourth-order valence-electron chi connectivity index (χ4n) is 1.94. The van der Waals surface area contributed by atoms with Crippen molar-refractivity contribution in [2.24, 2.45) is 17.4 Å². The highest BCUT2D eigenvalue weighted by Crippen LogP contribution is 2.27. The lowest BCUT2D eigenvalue weighted by Gasteiger charge is -2.18. The Morgan fingerprint density at radius 1 is 1.26 bits per heavy atom. The fourth-order valence-corrected chi connectivity index (χ4v) is 3.06. The van der Waals surface area contributed by atoms with Gasteiger partial charge in [-0.05, 0) is 12.8 Å². The van der Waals surface area contributed by atoms with Crippen LogP contribution < -0.4 is 16.8 Å². The van der Waals surface area contributed by atoms with Gasteiger partial charge in [-0.25, -0.2) is 4.79 Å². The number of rotatable bonds is 8. The molecule has 1 rings (SSSR count). The molecular formula is C13H22N6O3S. The van der Waals surface area contributed by atoms with E-state index in [2.05, 4.69) is 15.5 Å². The molecule has 9 nitrogen and oxygen atoms in total. The Morgan fingerprint density at radius 3 is 2.39 bits per heavy atom. The zero-order valence-electron chi connectivity index (χ0n) is 13.4. The van der Waals surface area contributed by atoms with Crippen molar-refractivity contribution < 1.29 is 14.4 Å². The molecule has 1 aromatic heterocycles. The summed E-state index contributed by atoms with van der Waals surface area (Å²) in [6.07, 6.45) is 0.565. The van der Waals surface area contributed by atoms with Gasteiger partial charge in [-0.3, -0.25) is 14.9 Å². The van der Waals surface area contributed by atoms with Gasteiger partial charge in [-0.2, -0.15) is 0 Å². The van der Waals surface area contributed by atoms with Crippen molar-refractivity contribution in [2.75, 3.05) is 0 Å². The summed E-state index contributed by atoms with van der Waals surface area (Å²) < 4.78 is 1.82. The molecule has 0 radical (unpaired) electrons. The normalized spacial score (nSPS) is 12.2. The fraction of sp³-hybridized carbons (Fsp3) is 0.615. The van der Waals surface area contributed by atoms with E-state index in [1.54, 1.807) is 0 Å². The smallest absolute Gasteiger partial charge is 0.318 e. The number of carbonyl (C=O) groups excluding carboxylic acids is 3. The van der Waals surface area contributed by atoms with Gasteiger partial charge >= 0.3 is 6.03 Å². The third-order valence-corrected chi connectivity index (χ3v) is 4.57. The van der Waals surface area contributed by atoms with Gasteiger partial charge in [0.15, 0.2) is 5.16 Å². The zero-order chi connectivity index (χ0) is 17.6. The van der Waals surface area contributed by atoms with E-state index in [0.29, 0.717) is 23.9 Å². The van der Waals surface area contributed by atoms with Gasteiger partial charge in [0.05, 0.1) is 5.25 Å². The Hall–Kier alpha value is -2.10. The SMILES string of the molecule is CCn1c(CCC(N)=O)nnc1S[C@@H](C(=O)NC(N)=O)C(C)C. The van der Waals surface area contributed by atoms with Crippen LogP contribution in [0.15, 0.2) is 5.16 Å². The molecule has 1 heterocycles. The van der Waals surface area contributed by atoms with Gasteiger partial charge in [0.2, 0.25) is 11.8 Å². The number of imide groups is 1. The number of aromatic nitrogens is 3. The number of hydrogen-bond donors (Lipinski definition) is 3. The van der Waals surface area contributed by atoms with Crippen LogP contribution in [-0.4, -0.2) is 37.9 Å². The van der Waals surface area contributed by atoms with Crippen molar-refractivity contribution in [2.45, 2.75) is 50.6 Å². The van der Waals surface area contributed by atoms with E-state index in [0.717, 1.165) is 0 Å². The highest BCUT2D eigenvalue weighted by Gasteiger charge is 2.27. The number of carbonyl (C=O) groups is 3. The molecule has 23 heavy (non-hydrogen) atoms. The Labute approximate surface area is 138 Å². The van der Waals surface area contributed by atoms with Crippen LogP contribution in [0.1, 0.15) is 33.0 Å². The van der Waals surface area contributed by atoms with Gasteiger partial charge in [0.1, 0.15) is 5.82 Å². The van der Waals surface area contributed by atoms with Crippen LogP contribution in [0.25, 0.3) is 0 Å². The topological polar surface area (TPSA) is 146 Å². The second-order valence-corrected chi connectivity index (χ2v) is 6.35. The summed E-state index contributed by atoms with van der Waals surface area (Å²) in [5.74, 6) is -0.297. The molecule has 0 aliphatic carbocycles. The lowest BCUT2D eigenvalue weighted by Crippen LogP contribution is -2.42. The molecule has 0 fully saturated rings. The van der Waals surface area contributed by atoms with Crippen LogP contribution in [0.4, 0.5) is 4.79 Å². The molecule has 0 aliphatic rings. The largest absolute Gasteiger partial charge is 0.370 e. The summed E-state index contributed by atoms with van der Waals surface area (Å²) in [7, 11) is 0. The van der Waals surface area contributed by atoms with E-state index < -0.39 is 23.1 Å². The Kier molecular flexibility index (Phi) is 7.01. The van der Waals surface area contributed by atoms with Crippen LogP contribution >= 0.6 is 11.8 Å². The average molecular weight is 342 g/mol. The minimum Gasteiger partial charge on any atom is -0.370 e. The van der Waals surface area contributed by atoms with Gasteiger partial charge < -0.3 is 16.0 Å². The van der Waals surface area contributed by atoms with Crippen LogP contribution in [-0.2, 0) is 22.6 Å². The Morgan fingerprint density at radius 2 is 1.91 bits per heavy atom. The van der Waals surface area contributed by atoms with E-state index in [9.17, 15) is 14.4 Å². The number of nitrogens with two attached hydrogens (primary N) is 2. The van der Waals surface area contributed by atoms with Gasteiger partial charge in [-0.1, -0.05) is 25.6 Å². The van der Waals surface area contributed by atoms with E-state index >= 15 is 0 Å². The lowest BCUT2D eigenvalue weighted by atomic mass is 10.1. The number of amides is 4. The minimum absolute atomic E-state index is 0.0459. The lowest BCUT2D eigenvalue weighted by molar-refractivity contribution is -0.120. The third-order valence-electron chi connectivity index (χ3n) is 3.05. The van der Waals surface area contributed by atoms with Crippen LogP contribution in [0, 0.1) is 5.92 Å². The molecule has 0 unspecified atom stereocenters. The number of urea groups is 1. The monoisotopic (exact) mass is 342 g/mol. The Bertz CT molecular complexity index is 586. The van der Waals surface area contributed by atoms with Gasteiger partial charge in [-0.15, -0.1) is 10.2 Å². The molecular weight excluding hydrogens is 320 g/mol. The zero-order valence-corrected chi connectivity index (χ0v) is 14.2. The summed E-state index contributed by atoms with van der Waals surface area (Å²) in [6, 6.07) is -0.889.